The van der Waals surface area contributed by atoms with E-state index in [4.69, 9.17) is 0 Å². The Bertz CT molecular complexity index is 643. The van der Waals surface area contributed by atoms with Crippen LogP contribution < -0.4 is 4.90 Å². The Hall–Kier alpha value is -1.46. The first kappa shape index (κ1) is 15.1. The van der Waals surface area contributed by atoms with Crippen LogP contribution in [0.25, 0.3) is 0 Å². The van der Waals surface area contributed by atoms with Crippen LogP contribution in [0.4, 0.5) is 9.52 Å². The predicted octanol–water partition coefficient (Wildman–Crippen LogP) is 3.77. The van der Waals surface area contributed by atoms with Crippen molar-refractivity contribution in [3.63, 3.8) is 0 Å². The number of likely N-dealkylation sites (tertiary alicyclic amines) is 1. The highest BCUT2D eigenvalue weighted by atomic mass is 32.1. The molecule has 2 saturated heterocycles. The van der Waals surface area contributed by atoms with E-state index in [2.05, 4.69) is 20.2 Å². The zero-order valence-corrected chi connectivity index (χ0v) is 14.1. The van der Waals surface area contributed by atoms with Crippen LogP contribution in [0.3, 0.4) is 0 Å². The summed E-state index contributed by atoms with van der Waals surface area (Å²) in [4.78, 5) is 9.46. The Morgan fingerprint density at radius 1 is 1.13 bits per heavy atom. The molecule has 2 aromatic rings. The van der Waals surface area contributed by atoms with E-state index in [1.807, 2.05) is 18.3 Å². The molecule has 3 nitrogen and oxygen atoms in total. The molecule has 0 amide bonds. The summed E-state index contributed by atoms with van der Waals surface area (Å²) < 4.78 is 13.1. The van der Waals surface area contributed by atoms with Gasteiger partial charge in [-0.2, -0.15) is 0 Å². The maximum absolute atomic E-state index is 13.1. The van der Waals surface area contributed by atoms with Crippen molar-refractivity contribution in [2.45, 2.75) is 25.8 Å². The summed E-state index contributed by atoms with van der Waals surface area (Å²) >= 11 is 1.74. The lowest BCUT2D eigenvalue weighted by atomic mass is 9.79. The fraction of sp³-hybridized carbons (Fsp3) is 0.500. The summed E-state index contributed by atoms with van der Waals surface area (Å²) in [6, 6.07) is 6.95. The topological polar surface area (TPSA) is 19.4 Å². The quantitative estimate of drug-likeness (QED) is 0.853. The summed E-state index contributed by atoms with van der Waals surface area (Å²) in [5.74, 6) is -0.154. The minimum atomic E-state index is -0.154. The third kappa shape index (κ3) is 3.26. The molecule has 1 unspecified atom stereocenters. The van der Waals surface area contributed by atoms with Gasteiger partial charge in [-0.3, -0.25) is 4.90 Å². The largest absolute Gasteiger partial charge is 0.347 e. The van der Waals surface area contributed by atoms with Crippen molar-refractivity contribution in [3.8, 4) is 0 Å². The number of halogens is 1. The lowest BCUT2D eigenvalue weighted by Gasteiger charge is -2.40. The van der Waals surface area contributed by atoms with Gasteiger partial charge in [-0.1, -0.05) is 12.1 Å². The second-order valence-electron chi connectivity index (χ2n) is 6.93. The maximum atomic E-state index is 13.1. The molecule has 1 atom stereocenters. The van der Waals surface area contributed by atoms with Crippen LogP contribution in [0.5, 0.6) is 0 Å². The van der Waals surface area contributed by atoms with Gasteiger partial charge in [-0.15, -0.1) is 11.3 Å². The summed E-state index contributed by atoms with van der Waals surface area (Å²) in [7, 11) is 0. The van der Waals surface area contributed by atoms with Gasteiger partial charge in [-0.25, -0.2) is 9.37 Å². The molecule has 2 aliphatic rings. The van der Waals surface area contributed by atoms with Gasteiger partial charge in [-0.05, 0) is 43.5 Å². The third-order valence-corrected chi connectivity index (χ3v) is 6.02. The smallest absolute Gasteiger partial charge is 0.185 e. The number of nitrogens with zero attached hydrogens (tertiary/aromatic N) is 3. The second-order valence-corrected chi connectivity index (χ2v) is 7.80. The fourth-order valence-electron chi connectivity index (χ4n) is 4.10. The molecule has 0 bridgehead atoms. The average Bonchev–Trinajstić information content (AvgIpc) is 3.20. The molecule has 1 spiro atoms. The van der Waals surface area contributed by atoms with Gasteiger partial charge in [0, 0.05) is 43.2 Å². The van der Waals surface area contributed by atoms with Gasteiger partial charge in [0.25, 0.3) is 0 Å². The van der Waals surface area contributed by atoms with E-state index in [-0.39, 0.29) is 5.82 Å². The maximum Gasteiger partial charge on any atom is 0.185 e. The molecule has 0 radical (unpaired) electrons. The zero-order chi connectivity index (χ0) is 15.7. The molecular weight excluding hydrogens is 309 g/mol. The standard InChI is InChI=1S/C18H22FN3S/c19-16-4-2-15(3-5-16)12-21-9-1-6-18(13-21)7-10-22(14-18)17-20-8-11-23-17/h2-5,8,11H,1,6-7,9-10,12-14H2. The van der Waals surface area contributed by atoms with Crippen LogP contribution in [0.15, 0.2) is 35.8 Å². The number of benzene rings is 1. The lowest BCUT2D eigenvalue weighted by molar-refractivity contribution is 0.0991. The Morgan fingerprint density at radius 2 is 2.00 bits per heavy atom. The summed E-state index contributed by atoms with van der Waals surface area (Å²) in [6.45, 7) is 5.47. The zero-order valence-electron chi connectivity index (χ0n) is 13.2. The van der Waals surface area contributed by atoms with Crippen molar-refractivity contribution in [2.75, 3.05) is 31.1 Å². The van der Waals surface area contributed by atoms with Crippen LogP contribution in [-0.2, 0) is 6.54 Å². The predicted molar refractivity (Wildman–Crippen MR) is 92.3 cm³/mol. The summed E-state index contributed by atoms with van der Waals surface area (Å²) in [5.41, 5.74) is 1.61. The summed E-state index contributed by atoms with van der Waals surface area (Å²) in [5, 5.41) is 3.22. The molecular formula is C18H22FN3S. The molecule has 122 valence electrons. The van der Waals surface area contributed by atoms with Gasteiger partial charge in [0.05, 0.1) is 0 Å². The van der Waals surface area contributed by atoms with E-state index >= 15 is 0 Å². The summed E-state index contributed by atoms with van der Waals surface area (Å²) in [6.07, 6.45) is 5.72. The van der Waals surface area contributed by atoms with Crippen LogP contribution >= 0.6 is 11.3 Å². The monoisotopic (exact) mass is 331 g/mol. The van der Waals surface area contributed by atoms with E-state index < -0.39 is 0 Å². The van der Waals surface area contributed by atoms with Gasteiger partial charge in [0.2, 0.25) is 0 Å². The Balaban J connectivity index is 1.42. The van der Waals surface area contributed by atoms with E-state index in [1.54, 1.807) is 23.5 Å². The van der Waals surface area contributed by atoms with Gasteiger partial charge < -0.3 is 4.90 Å². The lowest BCUT2D eigenvalue weighted by Crippen LogP contribution is -2.44. The number of hydrogen-bond acceptors (Lipinski definition) is 4. The third-order valence-electron chi connectivity index (χ3n) is 5.19. The van der Waals surface area contributed by atoms with Crippen molar-refractivity contribution < 1.29 is 4.39 Å². The minimum Gasteiger partial charge on any atom is -0.347 e. The SMILES string of the molecule is Fc1ccc(CN2CCCC3(CCN(c4nccs4)C3)C2)cc1. The van der Waals surface area contributed by atoms with E-state index in [0.29, 0.717) is 5.41 Å². The molecule has 0 saturated carbocycles. The number of piperidine rings is 1. The van der Waals surface area contributed by atoms with Crippen molar-refractivity contribution in [1.29, 1.82) is 0 Å². The molecule has 5 heteroatoms. The number of thiazole rings is 1. The highest BCUT2D eigenvalue weighted by Crippen LogP contribution is 2.41. The number of hydrogen-bond donors (Lipinski definition) is 0. The molecule has 0 aliphatic carbocycles. The van der Waals surface area contributed by atoms with E-state index in [1.165, 1.54) is 24.8 Å². The van der Waals surface area contributed by atoms with Crippen LogP contribution in [0, 0.1) is 11.2 Å². The first-order valence-corrected chi connectivity index (χ1v) is 9.22. The van der Waals surface area contributed by atoms with Crippen LogP contribution in [0.2, 0.25) is 0 Å². The van der Waals surface area contributed by atoms with Crippen molar-refractivity contribution in [1.82, 2.24) is 9.88 Å². The molecule has 4 rings (SSSR count). The molecule has 3 heterocycles. The normalized spacial score (nSPS) is 25.3. The van der Waals surface area contributed by atoms with Gasteiger partial charge >= 0.3 is 0 Å². The number of aromatic nitrogens is 1. The number of rotatable bonds is 3. The second kappa shape index (κ2) is 6.21. The highest BCUT2D eigenvalue weighted by Gasteiger charge is 2.41. The van der Waals surface area contributed by atoms with Gasteiger partial charge in [0.15, 0.2) is 5.13 Å². The molecule has 1 aromatic carbocycles. The Kier molecular flexibility index (Phi) is 4.07. The fourth-order valence-corrected chi connectivity index (χ4v) is 4.77. The molecule has 1 aromatic heterocycles. The molecule has 2 fully saturated rings. The van der Waals surface area contributed by atoms with Crippen LogP contribution in [-0.4, -0.2) is 36.1 Å². The first-order chi connectivity index (χ1) is 11.2. The first-order valence-electron chi connectivity index (χ1n) is 8.34. The van der Waals surface area contributed by atoms with Crippen molar-refractivity contribution in [3.05, 3.63) is 47.2 Å². The van der Waals surface area contributed by atoms with E-state index in [9.17, 15) is 4.39 Å². The molecule has 23 heavy (non-hydrogen) atoms. The molecule has 0 N–H and O–H groups in total. The Labute approximate surface area is 140 Å². The van der Waals surface area contributed by atoms with E-state index in [0.717, 1.165) is 37.9 Å². The Morgan fingerprint density at radius 3 is 2.78 bits per heavy atom. The van der Waals surface area contributed by atoms with Crippen molar-refractivity contribution in [2.24, 2.45) is 5.41 Å². The highest BCUT2D eigenvalue weighted by molar-refractivity contribution is 7.13. The van der Waals surface area contributed by atoms with Crippen molar-refractivity contribution >= 4 is 16.5 Å². The average molecular weight is 331 g/mol. The number of anilines is 1. The van der Waals surface area contributed by atoms with Gasteiger partial charge in [0.1, 0.15) is 5.82 Å². The minimum absolute atomic E-state index is 0.154. The van der Waals surface area contributed by atoms with Crippen LogP contribution in [0.1, 0.15) is 24.8 Å². The molecule has 2 aliphatic heterocycles.